The number of aromatic hydroxyl groups is 1. The predicted octanol–water partition coefficient (Wildman–Crippen LogP) is 1.73. The van der Waals surface area contributed by atoms with Crippen molar-refractivity contribution in [2.75, 3.05) is 7.11 Å². The van der Waals surface area contributed by atoms with Crippen molar-refractivity contribution in [3.63, 3.8) is 0 Å². The Labute approximate surface area is 130 Å². The van der Waals surface area contributed by atoms with Gasteiger partial charge in [-0.05, 0) is 24.3 Å². The number of para-hydroxylation sites is 2. The highest BCUT2D eigenvalue weighted by atomic mass is 16.5. The van der Waals surface area contributed by atoms with Crippen LogP contribution in [0.1, 0.15) is 0 Å². The minimum absolute atomic E-state index is 0.0907. The van der Waals surface area contributed by atoms with Crippen LogP contribution in [-0.2, 0) is 0 Å². The third-order valence-electron chi connectivity index (χ3n) is 2.95. The summed E-state index contributed by atoms with van der Waals surface area (Å²) in [5.74, 6) is -0.0930. The maximum Gasteiger partial charge on any atom is 0.298 e. The van der Waals surface area contributed by atoms with Gasteiger partial charge in [0.25, 0.3) is 17.2 Å². The van der Waals surface area contributed by atoms with Crippen LogP contribution >= 0.6 is 0 Å². The Balaban J connectivity index is 2.00. The molecule has 8 nitrogen and oxygen atoms in total. The molecule has 0 atom stereocenters. The first kappa shape index (κ1) is 14.5. The van der Waals surface area contributed by atoms with Gasteiger partial charge in [-0.25, -0.2) is 0 Å². The van der Waals surface area contributed by atoms with Crippen LogP contribution in [0.25, 0.3) is 11.5 Å². The summed E-state index contributed by atoms with van der Waals surface area (Å²) < 4.78 is 10.6. The molecule has 0 aliphatic heterocycles. The number of ether oxygens (including phenoxy) is 2. The van der Waals surface area contributed by atoms with Gasteiger partial charge in [-0.2, -0.15) is 10.1 Å². The highest BCUT2D eigenvalue weighted by Gasteiger charge is 2.16. The van der Waals surface area contributed by atoms with Gasteiger partial charge in [0.2, 0.25) is 0 Å². The maximum atomic E-state index is 12.2. The molecule has 2 N–H and O–H groups in total. The molecule has 0 spiro atoms. The topological polar surface area (TPSA) is 110 Å². The van der Waals surface area contributed by atoms with E-state index in [1.54, 1.807) is 36.4 Å². The number of H-pyrrole nitrogens is 1. The second kappa shape index (κ2) is 6.14. The zero-order valence-electron chi connectivity index (χ0n) is 12.1. The van der Waals surface area contributed by atoms with Crippen LogP contribution in [-0.4, -0.2) is 32.4 Å². The van der Waals surface area contributed by atoms with Crippen LogP contribution in [0, 0.1) is 0 Å². The minimum atomic E-state index is -0.649. The van der Waals surface area contributed by atoms with Gasteiger partial charge < -0.3 is 19.6 Å². The molecule has 3 aromatic rings. The largest absolute Gasteiger partial charge is 0.493 e. The summed E-state index contributed by atoms with van der Waals surface area (Å²) in [5.41, 5.74) is -0.326. The first-order valence-corrected chi connectivity index (χ1v) is 6.61. The summed E-state index contributed by atoms with van der Waals surface area (Å²) in [6.07, 6.45) is 1.49. The van der Waals surface area contributed by atoms with Crippen molar-refractivity contribution in [1.82, 2.24) is 20.2 Å². The van der Waals surface area contributed by atoms with Gasteiger partial charge >= 0.3 is 0 Å². The molecule has 2 heterocycles. The average molecular weight is 312 g/mol. The third kappa shape index (κ3) is 2.95. The Morgan fingerprint density at radius 1 is 1.13 bits per heavy atom. The molecule has 3 rings (SSSR count). The summed E-state index contributed by atoms with van der Waals surface area (Å²) in [6, 6.07) is 9.98. The SMILES string of the molecule is COc1ccccc1Oc1c(O)nc(-c2cccnn2)[nH]c1=O. The molecule has 0 aliphatic rings. The molecule has 2 aromatic heterocycles. The summed E-state index contributed by atoms with van der Waals surface area (Å²) in [6.45, 7) is 0. The lowest BCUT2D eigenvalue weighted by atomic mass is 10.3. The van der Waals surface area contributed by atoms with E-state index in [4.69, 9.17) is 9.47 Å². The second-order valence-corrected chi connectivity index (χ2v) is 4.43. The van der Waals surface area contributed by atoms with Gasteiger partial charge in [0.05, 0.1) is 7.11 Å². The number of benzene rings is 1. The third-order valence-corrected chi connectivity index (χ3v) is 2.95. The molecule has 0 amide bonds. The quantitative estimate of drug-likeness (QED) is 0.754. The number of nitrogens with one attached hydrogen (secondary N) is 1. The number of hydrogen-bond donors (Lipinski definition) is 2. The highest BCUT2D eigenvalue weighted by molar-refractivity contribution is 5.51. The van der Waals surface area contributed by atoms with Crippen LogP contribution < -0.4 is 15.0 Å². The number of rotatable bonds is 4. The fourth-order valence-corrected chi connectivity index (χ4v) is 1.90. The standard InChI is InChI=1S/C15H12N4O4/c1-22-10-6-2-3-7-11(10)23-12-14(20)17-13(18-15(12)21)9-5-4-8-16-19-9/h2-8H,1H3,(H2,17,18,20,21). The van der Waals surface area contributed by atoms with E-state index in [1.165, 1.54) is 13.3 Å². The molecule has 0 saturated heterocycles. The molecule has 0 aliphatic carbocycles. The molecule has 116 valence electrons. The van der Waals surface area contributed by atoms with Crippen molar-refractivity contribution in [2.24, 2.45) is 0 Å². The van der Waals surface area contributed by atoms with Crippen molar-refractivity contribution in [1.29, 1.82) is 0 Å². The van der Waals surface area contributed by atoms with Crippen molar-refractivity contribution >= 4 is 0 Å². The Hall–Kier alpha value is -3.42. The summed E-state index contributed by atoms with van der Waals surface area (Å²) in [5, 5.41) is 17.5. The summed E-state index contributed by atoms with van der Waals surface area (Å²) in [4.78, 5) is 18.6. The molecule has 0 bridgehead atoms. The van der Waals surface area contributed by atoms with Crippen LogP contribution in [0.15, 0.2) is 47.4 Å². The van der Waals surface area contributed by atoms with Gasteiger partial charge in [-0.3, -0.25) is 4.79 Å². The zero-order valence-corrected chi connectivity index (χ0v) is 12.1. The Morgan fingerprint density at radius 2 is 1.91 bits per heavy atom. The molecule has 0 fully saturated rings. The highest BCUT2D eigenvalue weighted by Crippen LogP contribution is 2.32. The number of aromatic amines is 1. The Bertz CT molecular complexity index is 880. The van der Waals surface area contributed by atoms with E-state index < -0.39 is 11.4 Å². The first-order valence-electron chi connectivity index (χ1n) is 6.61. The van der Waals surface area contributed by atoms with Crippen LogP contribution in [0.4, 0.5) is 0 Å². The number of nitrogens with zero attached hydrogens (tertiary/aromatic N) is 3. The van der Waals surface area contributed by atoms with E-state index in [0.29, 0.717) is 11.4 Å². The zero-order chi connectivity index (χ0) is 16.2. The molecule has 23 heavy (non-hydrogen) atoms. The lowest BCUT2D eigenvalue weighted by Gasteiger charge is -2.10. The fraction of sp³-hybridized carbons (Fsp3) is 0.0667. The van der Waals surface area contributed by atoms with Gasteiger partial charge in [-0.1, -0.05) is 12.1 Å². The van der Waals surface area contributed by atoms with Gasteiger partial charge in [0, 0.05) is 6.20 Å². The van der Waals surface area contributed by atoms with Crippen LogP contribution in [0.5, 0.6) is 23.1 Å². The Kier molecular flexibility index (Phi) is 3.88. The minimum Gasteiger partial charge on any atom is -0.493 e. The summed E-state index contributed by atoms with van der Waals surface area (Å²) >= 11 is 0. The van der Waals surface area contributed by atoms with E-state index in [-0.39, 0.29) is 17.3 Å². The second-order valence-electron chi connectivity index (χ2n) is 4.43. The van der Waals surface area contributed by atoms with Crippen molar-refractivity contribution < 1.29 is 14.6 Å². The first-order chi connectivity index (χ1) is 11.2. The van der Waals surface area contributed by atoms with Gasteiger partial charge in [0.1, 0.15) is 5.69 Å². The number of methoxy groups -OCH3 is 1. The Morgan fingerprint density at radius 3 is 2.57 bits per heavy atom. The van der Waals surface area contributed by atoms with Crippen LogP contribution in [0.2, 0.25) is 0 Å². The van der Waals surface area contributed by atoms with E-state index in [0.717, 1.165) is 0 Å². The van der Waals surface area contributed by atoms with E-state index >= 15 is 0 Å². The normalized spacial score (nSPS) is 10.3. The lowest BCUT2D eigenvalue weighted by molar-refractivity contribution is 0.358. The van der Waals surface area contributed by atoms with Crippen LogP contribution in [0.3, 0.4) is 0 Å². The number of aromatic nitrogens is 4. The van der Waals surface area contributed by atoms with E-state index in [2.05, 4.69) is 20.2 Å². The average Bonchev–Trinajstić information content (AvgIpc) is 2.59. The van der Waals surface area contributed by atoms with E-state index in [9.17, 15) is 9.90 Å². The van der Waals surface area contributed by atoms with Crippen molar-refractivity contribution in [2.45, 2.75) is 0 Å². The number of hydrogen-bond acceptors (Lipinski definition) is 7. The predicted molar refractivity (Wildman–Crippen MR) is 80.6 cm³/mol. The van der Waals surface area contributed by atoms with Gasteiger partial charge in [-0.15, -0.1) is 5.10 Å². The monoisotopic (exact) mass is 312 g/mol. The molecular formula is C15H12N4O4. The lowest BCUT2D eigenvalue weighted by Crippen LogP contribution is -2.12. The molecule has 0 radical (unpaired) electrons. The van der Waals surface area contributed by atoms with E-state index in [1.807, 2.05) is 0 Å². The molecule has 0 saturated carbocycles. The van der Waals surface area contributed by atoms with Crippen molar-refractivity contribution in [3.05, 3.63) is 52.9 Å². The van der Waals surface area contributed by atoms with Crippen molar-refractivity contribution in [3.8, 4) is 34.6 Å². The van der Waals surface area contributed by atoms with Gasteiger partial charge in [0.15, 0.2) is 17.3 Å². The smallest absolute Gasteiger partial charge is 0.298 e. The molecular weight excluding hydrogens is 300 g/mol. The molecule has 1 aromatic carbocycles. The maximum absolute atomic E-state index is 12.2. The molecule has 0 unspecified atom stereocenters. The molecule has 8 heteroatoms. The fourth-order valence-electron chi connectivity index (χ4n) is 1.90. The summed E-state index contributed by atoms with van der Waals surface area (Å²) in [7, 11) is 1.47.